The Hall–Kier alpha value is -0.0800. The van der Waals surface area contributed by atoms with Gasteiger partial charge in [-0.05, 0) is 19.8 Å². The Morgan fingerprint density at radius 1 is 1.33 bits per heavy atom. The number of hydrogen-bond donors (Lipinski definition) is 2. The summed E-state index contributed by atoms with van der Waals surface area (Å²) in [5.74, 6) is 0. The maximum atomic E-state index is 5.71. The van der Waals surface area contributed by atoms with Crippen LogP contribution in [-0.2, 0) is 0 Å². The van der Waals surface area contributed by atoms with Crippen molar-refractivity contribution >= 4 is 0 Å². The number of hydrogen-bond acceptors (Lipinski definition) is 2. The van der Waals surface area contributed by atoms with Crippen LogP contribution in [0.15, 0.2) is 0 Å². The van der Waals surface area contributed by atoms with E-state index < -0.39 is 0 Å². The third-order valence-corrected chi connectivity index (χ3v) is 1.33. The molecule has 2 heteroatoms. The van der Waals surface area contributed by atoms with Crippen LogP contribution < -0.4 is 11.5 Å². The van der Waals surface area contributed by atoms with Crippen molar-refractivity contribution in [2.45, 2.75) is 45.2 Å². The minimum absolute atomic E-state index is 0.256. The second-order valence-electron chi connectivity index (χ2n) is 2.76. The van der Waals surface area contributed by atoms with Crippen molar-refractivity contribution in [1.29, 1.82) is 0 Å². The van der Waals surface area contributed by atoms with Crippen LogP contribution in [0.25, 0.3) is 0 Å². The van der Waals surface area contributed by atoms with Crippen molar-refractivity contribution in [2.24, 2.45) is 11.5 Å². The molecule has 0 saturated heterocycles. The highest BCUT2D eigenvalue weighted by Gasteiger charge is 2.02. The van der Waals surface area contributed by atoms with Crippen LogP contribution in [0.3, 0.4) is 0 Å². The van der Waals surface area contributed by atoms with Gasteiger partial charge >= 0.3 is 0 Å². The van der Waals surface area contributed by atoms with E-state index in [1.807, 2.05) is 6.92 Å². The Morgan fingerprint density at radius 3 is 2.22 bits per heavy atom. The van der Waals surface area contributed by atoms with Gasteiger partial charge in [-0.3, -0.25) is 0 Å². The lowest BCUT2D eigenvalue weighted by Crippen LogP contribution is -2.28. The summed E-state index contributed by atoms with van der Waals surface area (Å²) in [7, 11) is 0. The fourth-order valence-electron chi connectivity index (χ4n) is 0.966. The molecule has 0 saturated carbocycles. The summed E-state index contributed by atoms with van der Waals surface area (Å²) in [5, 5.41) is 0. The molecule has 0 spiro atoms. The molecule has 0 aromatic carbocycles. The topological polar surface area (TPSA) is 52.0 Å². The van der Waals surface area contributed by atoms with Crippen molar-refractivity contribution < 1.29 is 0 Å². The smallest absolute Gasteiger partial charge is 0.00533 e. The molecule has 9 heavy (non-hydrogen) atoms. The van der Waals surface area contributed by atoms with Gasteiger partial charge < -0.3 is 11.5 Å². The van der Waals surface area contributed by atoms with Crippen molar-refractivity contribution in [3.05, 3.63) is 0 Å². The minimum atomic E-state index is 0.256. The molecule has 4 N–H and O–H groups in total. The van der Waals surface area contributed by atoms with Gasteiger partial charge in [0.15, 0.2) is 0 Å². The molecule has 0 aliphatic carbocycles. The Balaban J connectivity index is 3.15. The maximum Gasteiger partial charge on any atom is 0.00533 e. The molecule has 0 amide bonds. The van der Waals surface area contributed by atoms with Crippen LogP contribution in [0, 0.1) is 0 Å². The average molecular weight is 130 g/mol. The van der Waals surface area contributed by atoms with Crippen LogP contribution in [0.5, 0.6) is 0 Å². The molecule has 2 nitrogen and oxygen atoms in total. The van der Waals surface area contributed by atoms with Crippen molar-refractivity contribution in [1.82, 2.24) is 0 Å². The van der Waals surface area contributed by atoms with E-state index in [1.54, 1.807) is 0 Å². The molecule has 0 fully saturated rings. The van der Waals surface area contributed by atoms with Gasteiger partial charge in [-0.1, -0.05) is 13.3 Å². The molecule has 0 radical (unpaired) electrons. The second-order valence-corrected chi connectivity index (χ2v) is 2.76. The summed E-state index contributed by atoms with van der Waals surface area (Å²) in [6.07, 6.45) is 3.21. The lowest BCUT2D eigenvalue weighted by atomic mass is 10.1. The van der Waals surface area contributed by atoms with E-state index in [4.69, 9.17) is 11.5 Å². The first-order chi connectivity index (χ1) is 4.16. The summed E-state index contributed by atoms with van der Waals surface area (Å²) < 4.78 is 0. The quantitative estimate of drug-likeness (QED) is 0.592. The monoisotopic (exact) mass is 130 g/mol. The van der Waals surface area contributed by atoms with E-state index in [9.17, 15) is 0 Å². The predicted molar refractivity (Wildman–Crippen MR) is 41.1 cm³/mol. The molecule has 0 bridgehead atoms. The Bertz CT molecular complexity index is 61.9. The van der Waals surface area contributed by atoms with Gasteiger partial charge in [-0.2, -0.15) is 0 Å². The predicted octanol–water partition coefficient (Wildman–Crippen LogP) is 0.851. The van der Waals surface area contributed by atoms with Crippen LogP contribution >= 0.6 is 0 Å². The van der Waals surface area contributed by atoms with E-state index in [0.717, 1.165) is 19.3 Å². The summed E-state index contributed by atoms with van der Waals surface area (Å²) in [6, 6.07) is 0.571. The summed E-state index contributed by atoms with van der Waals surface area (Å²) >= 11 is 0. The molecule has 0 aromatic rings. The molecule has 2 atom stereocenters. The van der Waals surface area contributed by atoms with E-state index >= 15 is 0 Å². The highest BCUT2D eigenvalue weighted by Crippen LogP contribution is 1.99. The van der Waals surface area contributed by atoms with Gasteiger partial charge in [0, 0.05) is 12.1 Å². The van der Waals surface area contributed by atoms with E-state index in [0.29, 0.717) is 6.04 Å². The molecule has 0 aromatic heterocycles. The lowest BCUT2D eigenvalue weighted by Gasteiger charge is -2.11. The van der Waals surface area contributed by atoms with Crippen LogP contribution in [-0.4, -0.2) is 12.1 Å². The molecule has 0 aliphatic heterocycles. The van der Waals surface area contributed by atoms with Gasteiger partial charge in [-0.25, -0.2) is 0 Å². The first-order valence-corrected chi connectivity index (χ1v) is 3.68. The summed E-state index contributed by atoms with van der Waals surface area (Å²) in [5.41, 5.74) is 11.2. The zero-order chi connectivity index (χ0) is 7.28. The maximum absolute atomic E-state index is 5.71. The van der Waals surface area contributed by atoms with Crippen LogP contribution in [0.1, 0.15) is 33.1 Å². The zero-order valence-corrected chi connectivity index (χ0v) is 6.43. The van der Waals surface area contributed by atoms with Crippen LogP contribution in [0.2, 0.25) is 0 Å². The normalized spacial score (nSPS) is 17.3. The lowest BCUT2D eigenvalue weighted by molar-refractivity contribution is 0.512. The van der Waals surface area contributed by atoms with Crippen molar-refractivity contribution in [3.8, 4) is 0 Å². The first kappa shape index (κ1) is 8.92. The molecular weight excluding hydrogens is 112 g/mol. The van der Waals surface area contributed by atoms with E-state index in [2.05, 4.69) is 6.92 Å². The van der Waals surface area contributed by atoms with E-state index in [-0.39, 0.29) is 6.04 Å². The number of nitrogens with two attached hydrogens (primary N) is 2. The third kappa shape index (κ3) is 5.80. The van der Waals surface area contributed by atoms with Gasteiger partial charge in [-0.15, -0.1) is 0 Å². The van der Waals surface area contributed by atoms with Crippen LogP contribution in [0.4, 0.5) is 0 Å². The standard InChI is InChI=1S/C7H18N2/c1-3-4-7(9)5-6(2)8/h6-7H,3-5,8-9H2,1-2H3. The molecule has 0 rings (SSSR count). The zero-order valence-electron chi connectivity index (χ0n) is 6.43. The highest BCUT2D eigenvalue weighted by atomic mass is 14.7. The second kappa shape index (κ2) is 4.77. The molecular formula is C7H18N2. The molecule has 56 valence electrons. The summed E-state index contributed by atoms with van der Waals surface area (Å²) in [4.78, 5) is 0. The van der Waals surface area contributed by atoms with Crippen molar-refractivity contribution in [2.75, 3.05) is 0 Å². The van der Waals surface area contributed by atoms with Gasteiger partial charge in [0.25, 0.3) is 0 Å². The van der Waals surface area contributed by atoms with Gasteiger partial charge in [0.2, 0.25) is 0 Å². The Morgan fingerprint density at radius 2 is 1.89 bits per heavy atom. The highest BCUT2D eigenvalue weighted by molar-refractivity contribution is 4.65. The first-order valence-electron chi connectivity index (χ1n) is 3.68. The van der Waals surface area contributed by atoms with Gasteiger partial charge in [0.1, 0.15) is 0 Å². The Labute approximate surface area is 57.6 Å². The van der Waals surface area contributed by atoms with Crippen molar-refractivity contribution in [3.63, 3.8) is 0 Å². The SMILES string of the molecule is CCCC(N)CC(C)N. The average Bonchev–Trinajstić information content (AvgIpc) is 1.63. The minimum Gasteiger partial charge on any atom is -0.328 e. The third-order valence-electron chi connectivity index (χ3n) is 1.33. The van der Waals surface area contributed by atoms with E-state index in [1.165, 1.54) is 0 Å². The van der Waals surface area contributed by atoms with Gasteiger partial charge in [0.05, 0.1) is 0 Å². The fraction of sp³-hybridized carbons (Fsp3) is 1.00. The molecule has 2 unspecified atom stereocenters. The summed E-state index contributed by atoms with van der Waals surface area (Å²) in [6.45, 7) is 4.14. The molecule has 0 heterocycles. The fourth-order valence-corrected chi connectivity index (χ4v) is 0.966. The molecule has 0 aliphatic rings. The Kier molecular flexibility index (Phi) is 4.72. The number of rotatable bonds is 4. The largest absolute Gasteiger partial charge is 0.328 e.